The van der Waals surface area contributed by atoms with Crippen molar-refractivity contribution >= 4 is 0 Å². The molecule has 3 nitrogen and oxygen atoms in total. The molecule has 5 aliphatic carbocycles. The van der Waals surface area contributed by atoms with Gasteiger partial charge in [-0.15, -0.1) is 0 Å². The molecule has 0 aromatic carbocycles. The van der Waals surface area contributed by atoms with E-state index < -0.39 is 6.88 Å². The van der Waals surface area contributed by atoms with Crippen molar-refractivity contribution in [2.75, 3.05) is 13.2 Å². The molecule has 0 amide bonds. The molecule has 6 aliphatic rings. The fraction of sp³-hybridized carbons (Fsp3) is 1.00. The summed E-state index contributed by atoms with van der Waals surface area (Å²) in [5, 5.41) is 11.3. The lowest BCUT2D eigenvalue weighted by atomic mass is 9.44. The zero-order valence-corrected chi connectivity index (χ0v) is 21.8. The normalized spacial score (nSPS) is 54.0. The molecular formula is C30H50O3. The number of ether oxygens (including phenoxy) is 2. The number of rotatable bonds is 5. The van der Waals surface area contributed by atoms with Gasteiger partial charge in [0.15, 0.2) is 5.79 Å². The Hall–Kier alpha value is -0.120. The molecule has 2 unspecified atom stereocenters. The highest BCUT2D eigenvalue weighted by atomic mass is 16.7. The van der Waals surface area contributed by atoms with Crippen LogP contribution in [0.2, 0.25) is 0 Å². The minimum atomic E-state index is -0.818. The molecule has 6 fully saturated rings. The molecule has 0 bridgehead atoms. The van der Waals surface area contributed by atoms with Gasteiger partial charge >= 0.3 is 0 Å². The molecule has 188 valence electrons. The van der Waals surface area contributed by atoms with Crippen LogP contribution in [0.25, 0.3) is 0 Å². The molecule has 1 heterocycles. The van der Waals surface area contributed by atoms with Crippen molar-refractivity contribution in [1.82, 2.24) is 0 Å². The molecule has 1 saturated heterocycles. The van der Waals surface area contributed by atoms with Gasteiger partial charge in [-0.2, -0.15) is 0 Å². The van der Waals surface area contributed by atoms with E-state index in [1.165, 1.54) is 44.9 Å². The van der Waals surface area contributed by atoms with Crippen LogP contribution in [0.4, 0.5) is 0 Å². The van der Waals surface area contributed by atoms with E-state index in [1.807, 2.05) is 6.92 Å². The van der Waals surface area contributed by atoms with Gasteiger partial charge in [-0.1, -0.05) is 41.5 Å². The van der Waals surface area contributed by atoms with Crippen molar-refractivity contribution in [3.63, 3.8) is 0 Å². The molecule has 5 saturated carbocycles. The van der Waals surface area contributed by atoms with Gasteiger partial charge in [0.1, 0.15) is 0 Å². The molecule has 0 aromatic rings. The Labute approximate surface area is 205 Å². The van der Waals surface area contributed by atoms with Crippen molar-refractivity contribution in [3.8, 4) is 0 Å². The van der Waals surface area contributed by atoms with Crippen molar-refractivity contribution < 1.29 is 17.3 Å². The van der Waals surface area contributed by atoms with E-state index in [2.05, 4.69) is 27.7 Å². The Morgan fingerprint density at radius 3 is 2.42 bits per heavy atom. The minimum Gasteiger partial charge on any atom is -0.393 e. The molecule has 3 heteroatoms. The van der Waals surface area contributed by atoms with Crippen molar-refractivity contribution in [1.29, 1.82) is 0 Å². The van der Waals surface area contributed by atoms with Crippen molar-refractivity contribution in [3.05, 3.63) is 0 Å². The second-order valence-electron chi connectivity index (χ2n) is 14.1. The standard InChI is InChI=1S/C30H50O3/c1-18(2)19(3)15-26(31)20(4)23-7-8-24-22-17-30(32-13-14-33-30)29-16-21(29)9-12-28(29,6)25(22)10-11-27(23,24)5/h18-26,31H,7-17H2,1-6H3/t19-,20+,21-,22+,23-,24+,25+,26?,27-,28-,29-/m1/s1/i1D2/t18?,19-,20+,21-,22+,23-,24+,25+,26?,27-,28-,29-. The number of hydrogen-bond acceptors (Lipinski definition) is 3. The third kappa shape index (κ3) is 2.85. The quantitative estimate of drug-likeness (QED) is 0.497. The summed E-state index contributed by atoms with van der Waals surface area (Å²) >= 11 is 0. The highest BCUT2D eigenvalue weighted by Crippen LogP contribution is 2.85. The van der Waals surface area contributed by atoms with Crippen LogP contribution in [0, 0.1) is 63.6 Å². The number of aliphatic hydroxyl groups is 1. The lowest BCUT2D eigenvalue weighted by molar-refractivity contribution is -0.294. The number of aliphatic hydroxyl groups excluding tert-OH is 1. The third-order valence-electron chi connectivity index (χ3n) is 13.2. The molecular weight excluding hydrogens is 408 g/mol. The molecule has 1 N–H and O–H groups in total. The highest BCUT2D eigenvalue weighted by Gasteiger charge is 2.83. The predicted octanol–water partition coefficient (Wildman–Crippen LogP) is 6.68. The maximum absolute atomic E-state index is 11.3. The van der Waals surface area contributed by atoms with Crippen molar-refractivity contribution in [2.24, 2.45) is 63.6 Å². The minimum absolute atomic E-state index is 0.00484. The van der Waals surface area contributed by atoms with E-state index in [1.54, 1.807) is 0 Å². The molecule has 0 aromatic heterocycles. The molecule has 0 radical (unpaired) electrons. The Bertz CT molecular complexity index is 828. The van der Waals surface area contributed by atoms with Crippen LogP contribution in [0.5, 0.6) is 0 Å². The van der Waals surface area contributed by atoms with E-state index in [4.69, 9.17) is 12.2 Å². The van der Waals surface area contributed by atoms with Gasteiger partial charge in [-0.05, 0) is 110 Å². The smallest absolute Gasteiger partial charge is 0.175 e. The van der Waals surface area contributed by atoms with E-state index in [0.717, 1.165) is 31.5 Å². The van der Waals surface area contributed by atoms with E-state index >= 15 is 0 Å². The molecule has 1 aliphatic heterocycles. The van der Waals surface area contributed by atoms with Crippen molar-refractivity contribution in [2.45, 2.75) is 111 Å². The SMILES string of the molecule is [2H]C([2H])C(C)[C@H](C)CC(O)[C@@H](C)[C@H]1CC[C@H]2[C@@H]3CC4(OCCO4)[C@]45C[C@H]4CC[C@]5(C)[C@H]3CC[C@]12C. The maximum Gasteiger partial charge on any atom is 0.175 e. The van der Waals surface area contributed by atoms with E-state index in [9.17, 15) is 5.11 Å². The largest absolute Gasteiger partial charge is 0.393 e. The van der Waals surface area contributed by atoms with Gasteiger partial charge in [-0.3, -0.25) is 0 Å². The molecule has 12 atom stereocenters. The zero-order valence-electron chi connectivity index (χ0n) is 23.8. The van der Waals surface area contributed by atoms with E-state index in [-0.39, 0.29) is 40.5 Å². The van der Waals surface area contributed by atoms with Crippen LogP contribution >= 0.6 is 0 Å². The summed E-state index contributed by atoms with van der Waals surface area (Å²) in [5.41, 5.74) is 0.934. The van der Waals surface area contributed by atoms with Crippen LogP contribution in [-0.2, 0) is 9.47 Å². The van der Waals surface area contributed by atoms with Gasteiger partial charge in [0.05, 0.1) is 19.3 Å². The maximum atomic E-state index is 11.3. The van der Waals surface area contributed by atoms with Gasteiger partial charge < -0.3 is 14.6 Å². The average Bonchev–Trinajstić information content (AvgIpc) is 3.06. The first kappa shape index (κ1) is 21.0. The number of fused-ring (bicyclic) bond motifs is 4. The van der Waals surface area contributed by atoms with Gasteiger partial charge in [0, 0.05) is 14.6 Å². The monoisotopic (exact) mass is 460 g/mol. The van der Waals surface area contributed by atoms with Crippen LogP contribution < -0.4 is 0 Å². The summed E-state index contributed by atoms with van der Waals surface area (Å²) in [6, 6.07) is 0. The second kappa shape index (κ2) is 7.45. The summed E-state index contributed by atoms with van der Waals surface area (Å²) < 4.78 is 28.9. The van der Waals surface area contributed by atoms with Gasteiger partial charge in [0.2, 0.25) is 0 Å². The second-order valence-corrected chi connectivity index (χ2v) is 14.1. The zero-order chi connectivity index (χ0) is 25.0. The van der Waals surface area contributed by atoms with Crippen LogP contribution in [-0.4, -0.2) is 30.2 Å². The fourth-order valence-corrected chi connectivity index (χ4v) is 11.2. The van der Waals surface area contributed by atoms with Crippen LogP contribution in [0.15, 0.2) is 0 Å². The summed E-state index contributed by atoms with van der Waals surface area (Å²) in [4.78, 5) is 0. The first-order chi connectivity index (χ1) is 16.5. The van der Waals surface area contributed by atoms with Crippen LogP contribution in [0.1, 0.15) is 102 Å². The molecule has 6 rings (SSSR count). The Morgan fingerprint density at radius 1 is 0.970 bits per heavy atom. The topological polar surface area (TPSA) is 38.7 Å². The summed E-state index contributed by atoms with van der Waals surface area (Å²) in [6.07, 6.45) is 10.7. The fourth-order valence-electron chi connectivity index (χ4n) is 11.2. The first-order valence-corrected chi connectivity index (χ1v) is 14.3. The third-order valence-corrected chi connectivity index (χ3v) is 13.2. The first-order valence-electron chi connectivity index (χ1n) is 15.5. The average molecular weight is 461 g/mol. The Morgan fingerprint density at radius 2 is 1.73 bits per heavy atom. The summed E-state index contributed by atoms with van der Waals surface area (Å²) in [5.74, 6) is 3.71. The lowest BCUT2D eigenvalue weighted by Crippen LogP contribution is -2.62. The molecule has 2 spiro atoms. The predicted molar refractivity (Wildman–Crippen MR) is 131 cm³/mol. The Balaban J connectivity index is 1.23. The van der Waals surface area contributed by atoms with Crippen LogP contribution in [0.3, 0.4) is 0 Å². The van der Waals surface area contributed by atoms with Gasteiger partial charge in [0.25, 0.3) is 0 Å². The summed E-state index contributed by atoms with van der Waals surface area (Å²) in [6.45, 7) is 12.3. The summed E-state index contributed by atoms with van der Waals surface area (Å²) in [7, 11) is 0. The molecule has 33 heavy (non-hydrogen) atoms. The lowest BCUT2D eigenvalue weighted by Gasteiger charge is -2.63. The highest BCUT2D eigenvalue weighted by molar-refractivity contribution is 5.29. The number of hydrogen-bond donors (Lipinski definition) is 1. The van der Waals surface area contributed by atoms with Gasteiger partial charge in [-0.25, -0.2) is 0 Å². The van der Waals surface area contributed by atoms with E-state index in [0.29, 0.717) is 29.6 Å². The Kier molecular flexibility index (Phi) is 4.74.